The van der Waals surface area contributed by atoms with Crippen molar-refractivity contribution >= 4 is 44.7 Å². The van der Waals surface area contributed by atoms with Crippen LogP contribution in [0.1, 0.15) is 10.4 Å². The van der Waals surface area contributed by atoms with E-state index in [1.165, 1.54) is 5.56 Å². The van der Waals surface area contributed by atoms with E-state index in [1.807, 2.05) is 18.2 Å². The van der Waals surface area contributed by atoms with Gasteiger partial charge in [0.05, 0.1) is 0 Å². The minimum atomic E-state index is 0.119. The van der Waals surface area contributed by atoms with E-state index in [4.69, 9.17) is 22.1 Å². The van der Waals surface area contributed by atoms with E-state index in [9.17, 15) is 0 Å². The van der Waals surface area contributed by atoms with Crippen molar-refractivity contribution in [2.24, 2.45) is 0 Å². The van der Waals surface area contributed by atoms with Crippen LogP contribution in [0.4, 0.5) is 5.95 Å². The van der Waals surface area contributed by atoms with Gasteiger partial charge in [-0.2, -0.15) is 0 Å². The molecule has 2 N–H and O–H groups in total. The van der Waals surface area contributed by atoms with Crippen LogP contribution in [-0.2, 0) is 11.5 Å². The summed E-state index contributed by atoms with van der Waals surface area (Å²) >= 11 is 8.61. The second-order valence-corrected chi connectivity index (χ2v) is 6.35. The third-order valence-electron chi connectivity index (χ3n) is 3.13. The van der Waals surface area contributed by atoms with Crippen LogP contribution in [0, 0.1) is 0 Å². The molecule has 6 nitrogen and oxygen atoms in total. The molecule has 0 spiro atoms. The number of imidazole rings is 1. The predicted molar refractivity (Wildman–Crippen MR) is 87.0 cm³/mol. The summed E-state index contributed by atoms with van der Waals surface area (Å²) in [5, 5.41) is 0.246. The third kappa shape index (κ3) is 3.23. The molecule has 0 bridgehead atoms. The average molecular weight is 383 g/mol. The van der Waals surface area contributed by atoms with Gasteiger partial charge >= 0.3 is 140 Å². The van der Waals surface area contributed by atoms with Crippen LogP contribution in [0.2, 0.25) is 5.15 Å². The summed E-state index contributed by atoms with van der Waals surface area (Å²) in [6.07, 6.45) is 1.62. The van der Waals surface area contributed by atoms with E-state index in [-0.39, 0.29) is 15.9 Å². The second-order valence-electron chi connectivity index (χ2n) is 4.69. The molecule has 114 valence electrons. The maximum atomic E-state index is 5.99. The number of nitrogens with two attached hydrogens (primary N) is 1. The fraction of sp³-hybridized carbons (Fsp3) is 0.214. The SMILES string of the molecule is Nc1nc(Cl)c2ncn(COCC([SeH])c3ccccc3)c2n1. The summed E-state index contributed by atoms with van der Waals surface area (Å²) in [6.45, 7) is 0.891. The molecule has 0 aliphatic heterocycles. The summed E-state index contributed by atoms with van der Waals surface area (Å²) in [5.41, 5.74) is 7.92. The Morgan fingerprint density at radius 1 is 1.27 bits per heavy atom. The molecule has 2 aromatic heterocycles. The fourth-order valence-electron chi connectivity index (χ4n) is 2.05. The number of aromatic nitrogens is 4. The molecule has 0 saturated heterocycles. The summed E-state index contributed by atoms with van der Waals surface area (Å²) in [5.74, 6) is 0.119. The zero-order valence-corrected chi connectivity index (χ0v) is 14.2. The Kier molecular flexibility index (Phi) is 4.59. The van der Waals surface area contributed by atoms with E-state index in [0.717, 1.165) is 0 Å². The molecule has 22 heavy (non-hydrogen) atoms. The Balaban J connectivity index is 1.67. The summed E-state index contributed by atoms with van der Waals surface area (Å²) in [4.78, 5) is 12.5. The van der Waals surface area contributed by atoms with E-state index in [2.05, 4.69) is 43.1 Å². The van der Waals surface area contributed by atoms with Crippen molar-refractivity contribution in [1.29, 1.82) is 0 Å². The number of hydrogen-bond donors (Lipinski definition) is 1. The Hall–Kier alpha value is -1.66. The molecular formula is C14H14ClN5OSe. The van der Waals surface area contributed by atoms with Crippen LogP contribution in [-0.4, -0.2) is 42.1 Å². The molecule has 2 heterocycles. The number of hydrogen-bond acceptors (Lipinski definition) is 5. The van der Waals surface area contributed by atoms with Gasteiger partial charge in [-0.3, -0.25) is 0 Å². The molecule has 3 rings (SSSR count). The maximum absolute atomic E-state index is 5.99. The summed E-state index contributed by atoms with van der Waals surface area (Å²) in [6, 6.07) is 10.2. The molecule has 1 unspecified atom stereocenters. The van der Waals surface area contributed by atoms with E-state index in [1.54, 1.807) is 10.9 Å². The van der Waals surface area contributed by atoms with Crippen molar-refractivity contribution in [3.63, 3.8) is 0 Å². The zero-order chi connectivity index (χ0) is 15.5. The number of nitrogens with zero attached hydrogens (tertiary/aromatic N) is 4. The molecular weight excluding hydrogens is 369 g/mol. The molecule has 0 fully saturated rings. The standard InChI is InChI=1S/C14H14ClN5OSe/c15-12-11-13(19-14(16)18-12)20(7-17-11)8-21-6-10(22)9-4-2-1-3-5-9/h1-5,7,10,22H,6,8H2,(H2,16,18,19). The van der Waals surface area contributed by atoms with Gasteiger partial charge in [0.2, 0.25) is 0 Å². The van der Waals surface area contributed by atoms with Crippen LogP contribution in [0.25, 0.3) is 11.2 Å². The van der Waals surface area contributed by atoms with Crippen molar-refractivity contribution < 1.29 is 4.74 Å². The zero-order valence-electron chi connectivity index (χ0n) is 11.6. The van der Waals surface area contributed by atoms with Crippen molar-refractivity contribution in [3.05, 3.63) is 47.4 Å². The summed E-state index contributed by atoms with van der Waals surface area (Å²) in [7, 11) is 0. The molecule has 1 aromatic carbocycles. The number of anilines is 1. The molecule has 0 amide bonds. The van der Waals surface area contributed by atoms with Crippen molar-refractivity contribution in [3.8, 4) is 0 Å². The van der Waals surface area contributed by atoms with Crippen molar-refractivity contribution in [2.45, 2.75) is 11.5 Å². The van der Waals surface area contributed by atoms with Crippen LogP contribution >= 0.6 is 11.6 Å². The van der Waals surface area contributed by atoms with Gasteiger partial charge in [-0.1, -0.05) is 0 Å². The topological polar surface area (TPSA) is 78.8 Å². The fourth-order valence-corrected chi connectivity index (χ4v) is 2.86. The molecule has 0 saturated carbocycles. The van der Waals surface area contributed by atoms with Gasteiger partial charge in [0, 0.05) is 0 Å². The molecule has 0 aliphatic rings. The first kappa shape index (κ1) is 15.2. The first-order valence-electron chi connectivity index (χ1n) is 6.60. The van der Waals surface area contributed by atoms with Crippen LogP contribution < -0.4 is 5.73 Å². The Morgan fingerprint density at radius 2 is 2.05 bits per heavy atom. The molecule has 0 radical (unpaired) electrons. The Morgan fingerprint density at radius 3 is 2.82 bits per heavy atom. The van der Waals surface area contributed by atoms with Crippen LogP contribution in [0.3, 0.4) is 0 Å². The number of ether oxygens (including phenoxy) is 1. The first-order valence-corrected chi connectivity index (χ1v) is 8.06. The van der Waals surface area contributed by atoms with Crippen molar-refractivity contribution in [1.82, 2.24) is 19.5 Å². The van der Waals surface area contributed by atoms with Gasteiger partial charge in [-0.15, -0.1) is 0 Å². The van der Waals surface area contributed by atoms with Gasteiger partial charge in [0.1, 0.15) is 0 Å². The second kappa shape index (κ2) is 6.62. The van der Waals surface area contributed by atoms with Gasteiger partial charge in [0.15, 0.2) is 0 Å². The average Bonchev–Trinajstić information content (AvgIpc) is 2.91. The van der Waals surface area contributed by atoms with E-state index in [0.29, 0.717) is 24.5 Å². The number of fused-ring (bicyclic) bond motifs is 1. The van der Waals surface area contributed by atoms with E-state index < -0.39 is 0 Å². The van der Waals surface area contributed by atoms with E-state index >= 15 is 0 Å². The number of benzene rings is 1. The van der Waals surface area contributed by atoms with Crippen molar-refractivity contribution in [2.75, 3.05) is 12.3 Å². The first-order chi connectivity index (χ1) is 10.6. The molecule has 8 heteroatoms. The van der Waals surface area contributed by atoms with Gasteiger partial charge in [-0.25, -0.2) is 0 Å². The van der Waals surface area contributed by atoms with Crippen LogP contribution in [0.5, 0.6) is 0 Å². The Labute approximate surface area is 140 Å². The quantitative estimate of drug-likeness (QED) is 0.536. The van der Waals surface area contributed by atoms with Gasteiger partial charge in [0.25, 0.3) is 0 Å². The van der Waals surface area contributed by atoms with Gasteiger partial charge in [-0.05, 0) is 0 Å². The number of nitrogen functional groups attached to an aromatic ring is 1. The minimum absolute atomic E-state index is 0.119. The Bertz CT molecular complexity index is 780. The van der Waals surface area contributed by atoms with Gasteiger partial charge < -0.3 is 0 Å². The van der Waals surface area contributed by atoms with Crippen LogP contribution in [0.15, 0.2) is 36.7 Å². The molecule has 0 aliphatic carbocycles. The number of halogens is 1. The monoisotopic (exact) mass is 383 g/mol. The number of rotatable bonds is 5. The predicted octanol–water partition coefficient (Wildman–Crippen LogP) is 1.68. The normalized spacial score (nSPS) is 12.6. The molecule has 1 atom stereocenters. The molecule has 3 aromatic rings. The third-order valence-corrected chi connectivity index (χ3v) is 4.33. The summed E-state index contributed by atoms with van der Waals surface area (Å²) < 4.78 is 7.50.